The molecule has 0 atom stereocenters. The number of furan rings is 1. The first-order valence-electron chi connectivity index (χ1n) is 7.26. The van der Waals surface area contributed by atoms with E-state index in [0.717, 1.165) is 35.7 Å². The number of carbonyl (C=O) groups excluding carboxylic acids is 1. The Morgan fingerprint density at radius 2 is 2.14 bits per heavy atom. The second-order valence-electron chi connectivity index (χ2n) is 4.84. The minimum absolute atomic E-state index is 0.188. The number of para-hydroxylation sites is 1. The van der Waals surface area contributed by atoms with Crippen molar-refractivity contribution in [2.45, 2.75) is 26.2 Å². The largest absolute Gasteiger partial charge is 0.450 e. The molecular formula is C16H20BrNO3. The van der Waals surface area contributed by atoms with Gasteiger partial charge in [-0.05, 0) is 40.9 Å². The summed E-state index contributed by atoms with van der Waals surface area (Å²) in [6.45, 7) is 4.19. The highest BCUT2D eigenvalue weighted by Crippen LogP contribution is 2.26. The van der Waals surface area contributed by atoms with Gasteiger partial charge in [0, 0.05) is 25.1 Å². The summed E-state index contributed by atoms with van der Waals surface area (Å²) in [4.78, 5) is 12.0. The van der Waals surface area contributed by atoms with Gasteiger partial charge in [0.15, 0.2) is 5.76 Å². The molecule has 1 aromatic heterocycles. The number of ether oxygens (including phenoxy) is 1. The van der Waals surface area contributed by atoms with Gasteiger partial charge in [-0.1, -0.05) is 25.5 Å². The summed E-state index contributed by atoms with van der Waals surface area (Å²) in [7, 11) is 0. The summed E-state index contributed by atoms with van der Waals surface area (Å²) in [5.74, 6) is 0.149. The molecule has 2 aromatic rings. The Bertz CT molecular complexity index is 594. The highest BCUT2D eigenvalue weighted by molar-refractivity contribution is 9.10. The van der Waals surface area contributed by atoms with Crippen molar-refractivity contribution in [1.29, 1.82) is 0 Å². The third-order valence-electron chi connectivity index (χ3n) is 3.11. The molecule has 0 bridgehead atoms. The molecule has 2 rings (SSSR count). The number of amides is 1. The minimum Gasteiger partial charge on any atom is -0.450 e. The van der Waals surface area contributed by atoms with Crippen LogP contribution in [0.5, 0.6) is 0 Å². The average molecular weight is 354 g/mol. The quantitative estimate of drug-likeness (QED) is 0.725. The summed E-state index contributed by atoms with van der Waals surface area (Å²) in [5, 5.41) is 3.76. The normalized spacial score (nSPS) is 11.0. The van der Waals surface area contributed by atoms with Crippen LogP contribution in [-0.4, -0.2) is 25.7 Å². The number of halogens is 1. The number of hydrogen-bond acceptors (Lipinski definition) is 3. The number of nitrogens with one attached hydrogen (secondary N) is 1. The summed E-state index contributed by atoms with van der Waals surface area (Å²) in [5.41, 5.74) is 0.700. The van der Waals surface area contributed by atoms with Crippen molar-refractivity contribution in [3.05, 3.63) is 34.5 Å². The van der Waals surface area contributed by atoms with Gasteiger partial charge in [-0.2, -0.15) is 0 Å². The van der Waals surface area contributed by atoms with E-state index in [1.165, 1.54) is 0 Å². The van der Waals surface area contributed by atoms with E-state index in [1.807, 2.05) is 18.2 Å². The monoisotopic (exact) mass is 353 g/mol. The van der Waals surface area contributed by atoms with Crippen LogP contribution in [0.1, 0.15) is 36.7 Å². The van der Waals surface area contributed by atoms with Crippen molar-refractivity contribution in [2.24, 2.45) is 0 Å². The van der Waals surface area contributed by atoms with Gasteiger partial charge in [-0.3, -0.25) is 4.79 Å². The topological polar surface area (TPSA) is 51.5 Å². The summed E-state index contributed by atoms with van der Waals surface area (Å²) < 4.78 is 11.9. The van der Waals surface area contributed by atoms with Crippen molar-refractivity contribution in [2.75, 3.05) is 19.8 Å². The van der Waals surface area contributed by atoms with Gasteiger partial charge in [0.1, 0.15) is 5.58 Å². The maximum atomic E-state index is 12.0. The molecule has 1 aromatic carbocycles. The van der Waals surface area contributed by atoms with E-state index in [2.05, 4.69) is 28.2 Å². The van der Waals surface area contributed by atoms with Crippen LogP contribution in [0.4, 0.5) is 0 Å². The van der Waals surface area contributed by atoms with Crippen LogP contribution in [0.25, 0.3) is 11.0 Å². The Balaban J connectivity index is 1.78. The number of carbonyl (C=O) groups is 1. The Morgan fingerprint density at radius 1 is 1.33 bits per heavy atom. The fourth-order valence-electron chi connectivity index (χ4n) is 1.95. The molecule has 0 radical (unpaired) electrons. The molecular weight excluding hydrogens is 334 g/mol. The van der Waals surface area contributed by atoms with Crippen molar-refractivity contribution in [3.8, 4) is 0 Å². The zero-order valence-electron chi connectivity index (χ0n) is 12.2. The number of fused-ring (bicyclic) bond motifs is 1. The van der Waals surface area contributed by atoms with E-state index in [4.69, 9.17) is 9.15 Å². The third kappa shape index (κ3) is 4.58. The number of unbranched alkanes of at least 4 members (excludes halogenated alkanes) is 1. The lowest BCUT2D eigenvalue weighted by Gasteiger charge is -2.04. The second kappa shape index (κ2) is 8.20. The van der Waals surface area contributed by atoms with Gasteiger partial charge < -0.3 is 14.5 Å². The molecule has 0 aliphatic heterocycles. The smallest absolute Gasteiger partial charge is 0.287 e. The molecule has 0 unspecified atom stereocenters. The number of rotatable bonds is 8. The standard InChI is InChI=1S/C16H20BrNO3/c1-2-3-9-20-10-5-8-18-16(19)14-11-12-6-4-7-13(17)15(12)21-14/h4,6-7,11H,2-3,5,8-10H2,1H3,(H,18,19). The molecule has 1 amide bonds. The van der Waals surface area contributed by atoms with Gasteiger partial charge in [0.25, 0.3) is 5.91 Å². The van der Waals surface area contributed by atoms with Gasteiger partial charge >= 0.3 is 0 Å². The van der Waals surface area contributed by atoms with Crippen LogP contribution < -0.4 is 5.32 Å². The van der Waals surface area contributed by atoms with E-state index in [0.29, 0.717) is 24.5 Å². The molecule has 1 N–H and O–H groups in total. The lowest BCUT2D eigenvalue weighted by molar-refractivity contribution is 0.0915. The summed E-state index contributed by atoms with van der Waals surface area (Å²) in [6, 6.07) is 7.48. The predicted octanol–water partition coefficient (Wildman–Crippen LogP) is 4.13. The molecule has 0 saturated heterocycles. The maximum Gasteiger partial charge on any atom is 0.287 e. The first-order valence-corrected chi connectivity index (χ1v) is 8.05. The predicted molar refractivity (Wildman–Crippen MR) is 86.6 cm³/mol. The second-order valence-corrected chi connectivity index (χ2v) is 5.70. The Labute approximate surface area is 133 Å². The zero-order valence-corrected chi connectivity index (χ0v) is 13.7. The lowest BCUT2D eigenvalue weighted by atomic mass is 10.2. The zero-order chi connectivity index (χ0) is 15.1. The molecule has 0 aliphatic carbocycles. The van der Waals surface area contributed by atoms with Crippen LogP contribution in [0.15, 0.2) is 33.2 Å². The minimum atomic E-state index is -0.188. The van der Waals surface area contributed by atoms with Crippen LogP contribution in [0, 0.1) is 0 Å². The maximum absolute atomic E-state index is 12.0. The fraction of sp³-hybridized carbons (Fsp3) is 0.438. The molecule has 5 heteroatoms. The van der Waals surface area contributed by atoms with E-state index in [1.54, 1.807) is 6.07 Å². The average Bonchev–Trinajstić information content (AvgIpc) is 2.92. The Morgan fingerprint density at radius 3 is 2.90 bits per heavy atom. The molecule has 0 aliphatic rings. The van der Waals surface area contributed by atoms with Crippen molar-refractivity contribution < 1.29 is 13.9 Å². The highest BCUT2D eigenvalue weighted by atomic mass is 79.9. The van der Waals surface area contributed by atoms with Crippen LogP contribution >= 0.6 is 15.9 Å². The van der Waals surface area contributed by atoms with Gasteiger partial charge in [0.05, 0.1) is 4.47 Å². The molecule has 4 nitrogen and oxygen atoms in total. The van der Waals surface area contributed by atoms with E-state index < -0.39 is 0 Å². The number of hydrogen-bond donors (Lipinski definition) is 1. The summed E-state index contributed by atoms with van der Waals surface area (Å²) in [6.07, 6.45) is 3.03. The lowest BCUT2D eigenvalue weighted by Crippen LogP contribution is -2.24. The van der Waals surface area contributed by atoms with Crippen LogP contribution in [-0.2, 0) is 4.74 Å². The van der Waals surface area contributed by atoms with Crippen molar-refractivity contribution in [3.63, 3.8) is 0 Å². The van der Waals surface area contributed by atoms with E-state index in [-0.39, 0.29) is 5.91 Å². The van der Waals surface area contributed by atoms with Crippen molar-refractivity contribution in [1.82, 2.24) is 5.32 Å². The molecule has 0 saturated carbocycles. The molecule has 114 valence electrons. The van der Waals surface area contributed by atoms with E-state index >= 15 is 0 Å². The van der Waals surface area contributed by atoms with Crippen LogP contribution in [0.2, 0.25) is 0 Å². The van der Waals surface area contributed by atoms with Crippen molar-refractivity contribution >= 4 is 32.8 Å². The first kappa shape index (κ1) is 16.0. The molecule has 21 heavy (non-hydrogen) atoms. The number of benzene rings is 1. The molecule has 1 heterocycles. The third-order valence-corrected chi connectivity index (χ3v) is 3.74. The highest BCUT2D eigenvalue weighted by Gasteiger charge is 2.12. The van der Waals surface area contributed by atoms with Gasteiger partial charge in [-0.15, -0.1) is 0 Å². The van der Waals surface area contributed by atoms with Gasteiger partial charge in [0.2, 0.25) is 0 Å². The molecule has 0 fully saturated rings. The fourth-order valence-corrected chi connectivity index (χ4v) is 2.41. The Kier molecular flexibility index (Phi) is 6.26. The Hall–Kier alpha value is -1.33. The van der Waals surface area contributed by atoms with Crippen LogP contribution in [0.3, 0.4) is 0 Å². The van der Waals surface area contributed by atoms with Gasteiger partial charge in [-0.25, -0.2) is 0 Å². The SMILES string of the molecule is CCCCOCCCNC(=O)c1cc2cccc(Br)c2o1. The van der Waals surface area contributed by atoms with E-state index in [9.17, 15) is 4.79 Å². The first-order chi connectivity index (χ1) is 10.2. The molecule has 0 spiro atoms. The summed E-state index contributed by atoms with van der Waals surface area (Å²) >= 11 is 3.41.